The molecule has 1 radical (unpaired) electrons. The van der Waals surface area contributed by atoms with Crippen LogP contribution in [0.5, 0.6) is 11.5 Å². The van der Waals surface area contributed by atoms with E-state index in [-0.39, 0.29) is 13.3 Å². The van der Waals surface area contributed by atoms with E-state index in [4.69, 9.17) is 26.8 Å². The number of nitrogens with zero attached hydrogens (tertiary/aromatic N) is 1. The molecule has 0 saturated carbocycles. The molecule has 0 unspecified atom stereocenters. The van der Waals surface area contributed by atoms with Crippen molar-refractivity contribution in [2.24, 2.45) is 5.73 Å². The summed E-state index contributed by atoms with van der Waals surface area (Å²) in [5.41, 5.74) is 5.83. The van der Waals surface area contributed by atoms with Crippen molar-refractivity contribution >= 4 is 29.6 Å². The van der Waals surface area contributed by atoms with Crippen molar-refractivity contribution < 1.29 is 19.1 Å². The molecule has 6 nitrogen and oxygen atoms in total. The van der Waals surface area contributed by atoms with Crippen molar-refractivity contribution in [1.82, 2.24) is 0 Å². The first-order chi connectivity index (χ1) is 11.1. The van der Waals surface area contributed by atoms with E-state index >= 15 is 0 Å². The number of rotatable bonds is 7. The lowest BCUT2D eigenvalue weighted by Crippen LogP contribution is -2.38. The number of para-hydroxylation sites is 1. The number of carbonyl (C=O) groups excluding carboxylic acids is 2. The number of benzene rings is 2. The van der Waals surface area contributed by atoms with Crippen LogP contribution < -0.4 is 20.1 Å². The van der Waals surface area contributed by atoms with Gasteiger partial charge in [-0.1, -0.05) is 23.7 Å². The number of ether oxygens (including phenoxy) is 2. The van der Waals surface area contributed by atoms with Gasteiger partial charge < -0.3 is 15.2 Å². The molecular weight excluding hydrogens is 320 g/mol. The number of anilines is 1. The SMILES string of the molecule is NC(=O)N(COc1ccc(OC[C]=O)cc1)c1ccccc1Cl. The third-order valence-electron chi connectivity index (χ3n) is 2.89. The molecular formula is C16H14ClN2O4. The summed E-state index contributed by atoms with van der Waals surface area (Å²) in [4.78, 5) is 22.9. The third kappa shape index (κ3) is 4.62. The molecule has 0 aliphatic rings. The fourth-order valence-corrected chi connectivity index (χ4v) is 2.04. The van der Waals surface area contributed by atoms with Crippen LogP contribution >= 0.6 is 11.6 Å². The van der Waals surface area contributed by atoms with Crippen LogP contribution in [0, 0.1) is 0 Å². The van der Waals surface area contributed by atoms with Gasteiger partial charge in [0.15, 0.2) is 13.3 Å². The molecule has 0 aliphatic carbocycles. The predicted molar refractivity (Wildman–Crippen MR) is 86.6 cm³/mol. The smallest absolute Gasteiger partial charge is 0.322 e. The molecule has 7 heteroatoms. The number of carbonyl (C=O) groups is 1. The van der Waals surface area contributed by atoms with Gasteiger partial charge in [0.1, 0.15) is 11.5 Å². The zero-order chi connectivity index (χ0) is 16.7. The van der Waals surface area contributed by atoms with Gasteiger partial charge in [0.2, 0.25) is 6.29 Å². The number of amides is 2. The molecule has 0 saturated heterocycles. The molecule has 0 aliphatic heterocycles. The highest BCUT2D eigenvalue weighted by Gasteiger charge is 2.15. The molecule has 0 fully saturated rings. The summed E-state index contributed by atoms with van der Waals surface area (Å²) < 4.78 is 10.6. The number of primary amides is 1. The minimum Gasteiger partial charge on any atom is -0.485 e. The minimum atomic E-state index is -0.681. The maximum atomic E-state index is 11.6. The monoisotopic (exact) mass is 333 g/mol. The second-order valence-electron chi connectivity index (χ2n) is 4.40. The van der Waals surface area contributed by atoms with Crippen molar-refractivity contribution in [3.8, 4) is 11.5 Å². The number of hydrogen-bond donors (Lipinski definition) is 1. The van der Waals surface area contributed by atoms with Crippen LogP contribution in [0.1, 0.15) is 0 Å². The van der Waals surface area contributed by atoms with Crippen molar-refractivity contribution in [2.45, 2.75) is 0 Å². The van der Waals surface area contributed by atoms with Gasteiger partial charge in [-0.05, 0) is 36.4 Å². The van der Waals surface area contributed by atoms with Gasteiger partial charge in [-0.25, -0.2) is 4.79 Å². The van der Waals surface area contributed by atoms with Gasteiger partial charge >= 0.3 is 6.03 Å². The molecule has 2 N–H and O–H groups in total. The van der Waals surface area contributed by atoms with Gasteiger partial charge in [0, 0.05) is 0 Å². The van der Waals surface area contributed by atoms with E-state index in [9.17, 15) is 9.59 Å². The molecule has 0 aromatic heterocycles. The van der Waals surface area contributed by atoms with E-state index in [0.717, 1.165) is 0 Å². The highest BCUT2D eigenvalue weighted by atomic mass is 35.5. The first-order valence-electron chi connectivity index (χ1n) is 6.64. The highest BCUT2D eigenvalue weighted by molar-refractivity contribution is 6.33. The lowest BCUT2D eigenvalue weighted by Gasteiger charge is -2.21. The molecule has 0 atom stereocenters. The van der Waals surface area contributed by atoms with Crippen molar-refractivity contribution in [1.29, 1.82) is 0 Å². The second-order valence-corrected chi connectivity index (χ2v) is 4.80. The molecule has 2 rings (SSSR count). The lowest BCUT2D eigenvalue weighted by atomic mass is 10.3. The Hall–Kier alpha value is -2.73. The van der Waals surface area contributed by atoms with Crippen molar-refractivity contribution in [2.75, 3.05) is 18.2 Å². The Kier molecular flexibility index (Phi) is 5.82. The topological polar surface area (TPSA) is 81.9 Å². The standard InChI is InChI=1S/C16H14ClN2O4/c17-14-3-1-2-4-15(14)19(16(18)21)11-23-13-7-5-12(6-8-13)22-10-9-20/h1-8H,10-11H2,(H2,18,21). The Balaban J connectivity index is 2.03. The normalized spacial score (nSPS) is 9.96. The van der Waals surface area contributed by atoms with E-state index in [1.807, 2.05) is 0 Å². The first kappa shape index (κ1) is 16.6. The number of hydrogen-bond acceptors (Lipinski definition) is 4. The van der Waals surface area contributed by atoms with Crippen molar-refractivity contribution in [3.63, 3.8) is 0 Å². The molecule has 2 aromatic carbocycles. The van der Waals surface area contributed by atoms with E-state index in [0.29, 0.717) is 22.2 Å². The number of urea groups is 1. The summed E-state index contributed by atoms with van der Waals surface area (Å²) in [5.74, 6) is 1.02. The van der Waals surface area contributed by atoms with Crippen LogP contribution in [0.3, 0.4) is 0 Å². The van der Waals surface area contributed by atoms with E-state index in [1.54, 1.807) is 54.8 Å². The molecule has 23 heavy (non-hydrogen) atoms. The fourth-order valence-electron chi connectivity index (χ4n) is 1.81. The van der Waals surface area contributed by atoms with Crippen LogP contribution in [-0.2, 0) is 4.79 Å². The summed E-state index contributed by atoms with van der Waals surface area (Å²) in [5, 5.41) is 0.392. The summed E-state index contributed by atoms with van der Waals surface area (Å²) in [6.45, 7) is -0.233. The lowest BCUT2D eigenvalue weighted by molar-refractivity contribution is 0.243. The van der Waals surface area contributed by atoms with Gasteiger partial charge in [0.05, 0.1) is 10.7 Å². The maximum Gasteiger partial charge on any atom is 0.322 e. The quantitative estimate of drug-likeness (QED) is 0.790. The van der Waals surface area contributed by atoms with Crippen LogP contribution in [0.15, 0.2) is 48.5 Å². The zero-order valence-electron chi connectivity index (χ0n) is 12.1. The maximum absolute atomic E-state index is 11.6. The van der Waals surface area contributed by atoms with E-state index in [1.165, 1.54) is 4.90 Å². The average molecular weight is 334 g/mol. The molecule has 0 spiro atoms. The largest absolute Gasteiger partial charge is 0.485 e. The summed E-state index contributed by atoms with van der Waals surface area (Å²) in [6, 6.07) is 12.7. The Morgan fingerprint density at radius 2 is 1.70 bits per heavy atom. The molecule has 2 aromatic rings. The summed E-state index contributed by atoms with van der Waals surface area (Å²) in [6.07, 6.45) is 1.63. The highest BCUT2D eigenvalue weighted by Crippen LogP contribution is 2.25. The van der Waals surface area contributed by atoms with Gasteiger partial charge in [-0.2, -0.15) is 0 Å². The Morgan fingerprint density at radius 3 is 2.26 bits per heavy atom. The summed E-state index contributed by atoms with van der Waals surface area (Å²) in [7, 11) is 0. The number of nitrogens with two attached hydrogens (primary N) is 1. The summed E-state index contributed by atoms with van der Waals surface area (Å²) >= 11 is 6.06. The van der Waals surface area contributed by atoms with Crippen LogP contribution in [0.2, 0.25) is 5.02 Å². The third-order valence-corrected chi connectivity index (χ3v) is 3.21. The molecule has 2 amide bonds. The van der Waals surface area contributed by atoms with E-state index in [2.05, 4.69) is 0 Å². The minimum absolute atomic E-state index is 0.0958. The Labute approximate surface area is 138 Å². The Bertz CT molecular complexity index is 676. The predicted octanol–water partition coefficient (Wildman–Crippen LogP) is 2.75. The number of halogens is 1. The van der Waals surface area contributed by atoms with Gasteiger partial charge in [-0.15, -0.1) is 0 Å². The van der Waals surface area contributed by atoms with Crippen molar-refractivity contribution in [3.05, 3.63) is 53.6 Å². The fraction of sp³-hybridized carbons (Fsp3) is 0.125. The Morgan fingerprint density at radius 1 is 1.09 bits per heavy atom. The van der Waals surface area contributed by atoms with Crippen LogP contribution in [0.4, 0.5) is 10.5 Å². The van der Waals surface area contributed by atoms with Crippen LogP contribution in [-0.4, -0.2) is 25.7 Å². The second kappa shape index (κ2) is 8.05. The molecule has 0 bridgehead atoms. The molecule has 119 valence electrons. The first-order valence-corrected chi connectivity index (χ1v) is 7.02. The van der Waals surface area contributed by atoms with Crippen LogP contribution in [0.25, 0.3) is 0 Å². The average Bonchev–Trinajstić information content (AvgIpc) is 2.55. The molecule has 0 heterocycles. The van der Waals surface area contributed by atoms with Gasteiger partial charge in [0.25, 0.3) is 0 Å². The van der Waals surface area contributed by atoms with E-state index < -0.39 is 6.03 Å². The zero-order valence-corrected chi connectivity index (χ0v) is 12.8. The van der Waals surface area contributed by atoms with Gasteiger partial charge in [-0.3, -0.25) is 9.69 Å².